The lowest BCUT2D eigenvalue weighted by molar-refractivity contribution is -0.124. The third kappa shape index (κ3) is 6.95. The van der Waals surface area contributed by atoms with Gasteiger partial charge in [0.1, 0.15) is 0 Å². The second kappa shape index (κ2) is 9.67. The maximum atomic E-state index is 11.9. The number of carbonyl (C=O) groups excluding carboxylic acids is 2. The number of anilines is 1. The average molecular weight is 514 g/mol. The van der Waals surface area contributed by atoms with Crippen LogP contribution in [-0.4, -0.2) is 17.5 Å². The van der Waals surface area contributed by atoms with Crippen molar-refractivity contribution < 1.29 is 9.59 Å². The third-order valence-corrected chi connectivity index (χ3v) is 4.57. The van der Waals surface area contributed by atoms with Gasteiger partial charge in [-0.15, -0.1) is 0 Å². The van der Waals surface area contributed by atoms with Crippen molar-refractivity contribution in [1.82, 2.24) is 5.43 Å². The number of rotatable bonds is 6. The summed E-state index contributed by atoms with van der Waals surface area (Å²) in [6.45, 7) is 1.81. The lowest BCUT2D eigenvalue weighted by atomic mass is 10.1. The quantitative estimate of drug-likeness (QED) is 0.343. The second-order valence-corrected chi connectivity index (χ2v) is 7.46. The van der Waals surface area contributed by atoms with Gasteiger partial charge >= 0.3 is 0 Å². The fourth-order valence-electron chi connectivity index (χ4n) is 1.94. The topological polar surface area (TPSA) is 70.6 Å². The number of hydrogen-bond donors (Lipinski definition) is 2. The molecule has 0 unspecified atom stereocenters. The predicted octanol–water partition coefficient (Wildman–Crippen LogP) is 4.31. The summed E-state index contributed by atoms with van der Waals surface area (Å²) >= 11 is 5.57. The zero-order valence-corrected chi connectivity index (χ0v) is 17.3. The number of hydrogen-bond acceptors (Lipinski definition) is 3. The van der Waals surface area contributed by atoms with Crippen molar-refractivity contribution in [2.45, 2.75) is 19.8 Å². The van der Waals surface area contributed by atoms with E-state index in [0.29, 0.717) is 5.71 Å². The Labute approximate surface area is 168 Å². The van der Waals surface area contributed by atoms with E-state index in [9.17, 15) is 9.59 Å². The number of benzene rings is 2. The number of nitrogens with one attached hydrogen (secondary N) is 2. The van der Waals surface area contributed by atoms with E-state index in [-0.39, 0.29) is 24.7 Å². The van der Waals surface area contributed by atoms with Crippen molar-refractivity contribution in [2.75, 3.05) is 5.32 Å². The van der Waals surface area contributed by atoms with Gasteiger partial charge in [0.25, 0.3) is 0 Å². The largest absolute Gasteiger partial charge is 0.326 e. The highest BCUT2D eigenvalue weighted by Crippen LogP contribution is 2.12. The van der Waals surface area contributed by atoms with Gasteiger partial charge < -0.3 is 5.32 Å². The lowest BCUT2D eigenvalue weighted by Crippen LogP contribution is -2.21. The highest BCUT2D eigenvalue weighted by molar-refractivity contribution is 14.1. The third-order valence-electron chi connectivity index (χ3n) is 3.32. The van der Waals surface area contributed by atoms with Crippen LogP contribution in [0, 0.1) is 3.57 Å². The summed E-state index contributed by atoms with van der Waals surface area (Å²) in [6.07, 6.45) is 0.179. The van der Waals surface area contributed by atoms with Gasteiger partial charge in [-0.2, -0.15) is 5.10 Å². The SMILES string of the molecule is C/C(=N\NC(=O)CCC(=O)Nc1ccc(I)cc1)c1ccc(Br)cc1. The van der Waals surface area contributed by atoms with E-state index in [1.807, 2.05) is 55.5 Å². The molecule has 0 spiro atoms. The van der Waals surface area contributed by atoms with Gasteiger partial charge in [-0.1, -0.05) is 28.1 Å². The highest BCUT2D eigenvalue weighted by Gasteiger charge is 2.07. The Kier molecular flexibility index (Phi) is 7.57. The maximum absolute atomic E-state index is 11.9. The monoisotopic (exact) mass is 513 g/mol. The standard InChI is InChI=1S/C18H17BrIN3O2/c1-12(13-2-4-14(19)5-3-13)22-23-18(25)11-10-17(24)21-16-8-6-15(20)7-9-16/h2-9H,10-11H2,1H3,(H,21,24)(H,23,25)/b22-12+. The molecule has 0 atom stereocenters. The zero-order chi connectivity index (χ0) is 18.2. The molecule has 2 amide bonds. The van der Waals surface area contributed by atoms with E-state index in [1.165, 1.54) is 0 Å². The molecule has 0 bridgehead atoms. The number of hydrazone groups is 1. The number of amides is 2. The molecule has 7 heteroatoms. The van der Waals surface area contributed by atoms with Gasteiger partial charge in [-0.25, -0.2) is 5.43 Å². The van der Waals surface area contributed by atoms with Crippen LogP contribution >= 0.6 is 38.5 Å². The van der Waals surface area contributed by atoms with Crippen LogP contribution in [0.4, 0.5) is 5.69 Å². The first kappa shape index (κ1) is 19.6. The van der Waals surface area contributed by atoms with Crippen LogP contribution in [0.25, 0.3) is 0 Å². The number of nitrogens with zero attached hydrogens (tertiary/aromatic N) is 1. The van der Waals surface area contributed by atoms with E-state index < -0.39 is 0 Å². The van der Waals surface area contributed by atoms with Gasteiger partial charge in [0.2, 0.25) is 11.8 Å². The molecule has 2 N–H and O–H groups in total. The molecule has 130 valence electrons. The fraction of sp³-hybridized carbons (Fsp3) is 0.167. The molecule has 0 aliphatic carbocycles. The Hall–Kier alpha value is -1.74. The molecule has 0 fully saturated rings. The first-order valence-electron chi connectivity index (χ1n) is 7.58. The Balaban J connectivity index is 1.77. The Morgan fingerprint density at radius 1 is 1.00 bits per heavy atom. The van der Waals surface area contributed by atoms with Gasteiger partial charge in [0.05, 0.1) is 5.71 Å². The van der Waals surface area contributed by atoms with Crippen LogP contribution in [0.2, 0.25) is 0 Å². The van der Waals surface area contributed by atoms with Crippen molar-refractivity contribution in [3.63, 3.8) is 0 Å². The summed E-state index contributed by atoms with van der Waals surface area (Å²) in [5.74, 6) is -0.501. The molecule has 5 nitrogen and oxygen atoms in total. The van der Waals surface area contributed by atoms with E-state index >= 15 is 0 Å². The maximum Gasteiger partial charge on any atom is 0.240 e. The van der Waals surface area contributed by atoms with Crippen molar-refractivity contribution in [2.24, 2.45) is 5.10 Å². The predicted molar refractivity (Wildman–Crippen MR) is 112 cm³/mol. The van der Waals surface area contributed by atoms with Gasteiger partial charge in [-0.05, 0) is 71.5 Å². The smallest absolute Gasteiger partial charge is 0.240 e. The fourth-order valence-corrected chi connectivity index (χ4v) is 2.57. The van der Waals surface area contributed by atoms with Crippen LogP contribution in [0.5, 0.6) is 0 Å². The molecule has 2 aromatic carbocycles. The minimum absolute atomic E-state index is 0.0767. The molecule has 0 aliphatic heterocycles. The van der Waals surface area contributed by atoms with Crippen molar-refractivity contribution in [3.8, 4) is 0 Å². The molecule has 0 saturated heterocycles. The normalized spacial score (nSPS) is 11.1. The molecule has 0 heterocycles. The molecule has 25 heavy (non-hydrogen) atoms. The van der Waals surface area contributed by atoms with E-state index in [1.54, 1.807) is 0 Å². The number of halogens is 2. The van der Waals surface area contributed by atoms with Crippen LogP contribution < -0.4 is 10.7 Å². The van der Waals surface area contributed by atoms with Crippen LogP contribution in [0.15, 0.2) is 58.1 Å². The average Bonchev–Trinajstić information content (AvgIpc) is 2.60. The van der Waals surface area contributed by atoms with E-state index in [4.69, 9.17) is 0 Å². The van der Waals surface area contributed by atoms with Gasteiger partial charge in [0, 0.05) is 26.6 Å². The summed E-state index contributed by atoms with van der Waals surface area (Å²) in [6, 6.07) is 15.1. The van der Waals surface area contributed by atoms with E-state index in [2.05, 4.69) is 54.4 Å². The molecular weight excluding hydrogens is 497 g/mol. The molecule has 0 aromatic heterocycles. The molecule has 0 aliphatic rings. The Morgan fingerprint density at radius 2 is 1.60 bits per heavy atom. The first-order chi connectivity index (χ1) is 11.9. The zero-order valence-electron chi connectivity index (χ0n) is 13.6. The summed E-state index contributed by atoms with van der Waals surface area (Å²) in [5.41, 5.74) is 4.81. The highest BCUT2D eigenvalue weighted by atomic mass is 127. The summed E-state index contributed by atoms with van der Waals surface area (Å²) in [4.78, 5) is 23.7. The molecule has 0 radical (unpaired) electrons. The Bertz CT molecular complexity index is 774. The van der Waals surface area contributed by atoms with Crippen LogP contribution in [-0.2, 0) is 9.59 Å². The molecule has 2 aromatic rings. The van der Waals surface area contributed by atoms with Crippen LogP contribution in [0.3, 0.4) is 0 Å². The second-order valence-electron chi connectivity index (χ2n) is 5.29. The summed E-state index contributed by atoms with van der Waals surface area (Å²) < 4.78 is 2.07. The molecule has 2 rings (SSSR count). The van der Waals surface area contributed by atoms with Gasteiger partial charge in [-0.3, -0.25) is 9.59 Å². The summed E-state index contributed by atoms with van der Waals surface area (Å²) in [5, 5.41) is 6.82. The van der Waals surface area contributed by atoms with Crippen molar-refractivity contribution >= 4 is 61.7 Å². The Morgan fingerprint density at radius 3 is 2.24 bits per heavy atom. The molecule has 0 saturated carbocycles. The minimum atomic E-state index is -0.297. The first-order valence-corrected chi connectivity index (χ1v) is 9.46. The van der Waals surface area contributed by atoms with Crippen molar-refractivity contribution in [3.05, 3.63) is 62.1 Å². The van der Waals surface area contributed by atoms with Gasteiger partial charge in [0.15, 0.2) is 0 Å². The van der Waals surface area contributed by atoms with Crippen LogP contribution in [0.1, 0.15) is 25.3 Å². The molecular formula is C18H17BrIN3O2. The minimum Gasteiger partial charge on any atom is -0.326 e. The summed E-state index contributed by atoms with van der Waals surface area (Å²) in [7, 11) is 0. The number of carbonyl (C=O) groups is 2. The van der Waals surface area contributed by atoms with Crippen molar-refractivity contribution in [1.29, 1.82) is 0 Å². The lowest BCUT2D eigenvalue weighted by Gasteiger charge is -2.05. The van der Waals surface area contributed by atoms with E-state index in [0.717, 1.165) is 19.3 Å².